The second-order valence-electron chi connectivity index (χ2n) is 6.83. The second kappa shape index (κ2) is 7.98. The van der Waals surface area contributed by atoms with Crippen LogP contribution in [-0.4, -0.2) is 51.8 Å². The lowest BCUT2D eigenvalue weighted by atomic mass is 10.1. The van der Waals surface area contributed by atoms with Gasteiger partial charge in [0.05, 0.1) is 11.5 Å². The summed E-state index contributed by atoms with van der Waals surface area (Å²) >= 11 is 0. The lowest BCUT2D eigenvalue weighted by molar-refractivity contribution is -0.147. The van der Waals surface area contributed by atoms with Crippen LogP contribution in [0.15, 0.2) is 24.3 Å². The molecule has 1 unspecified atom stereocenters. The number of alkyl halides is 3. The smallest absolute Gasteiger partial charge is 0.416 e. The van der Waals surface area contributed by atoms with Crippen LogP contribution in [0.25, 0.3) is 0 Å². The number of benzene rings is 1. The molecule has 1 saturated heterocycles. The summed E-state index contributed by atoms with van der Waals surface area (Å²) in [6.07, 6.45) is -4.56. The number of hydrogen-bond donors (Lipinski definition) is 1. The standard InChI is InChI=1S/C18H21F3N2O4/c1-11(2)23(10-16(25)26)17(27)13-7-15(24)22(9-13)8-12-4-3-5-14(6-12)18(19,20)21/h3-6,11,13H,7-10H2,1-2H3,(H,25,26). The summed E-state index contributed by atoms with van der Waals surface area (Å²) in [4.78, 5) is 38.3. The first-order valence-electron chi connectivity index (χ1n) is 8.45. The molecule has 1 heterocycles. The number of aliphatic carboxylic acids is 1. The average Bonchev–Trinajstić information content (AvgIpc) is 2.92. The molecule has 1 aromatic carbocycles. The number of halogens is 3. The van der Waals surface area contributed by atoms with Gasteiger partial charge in [-0.3, -0.25) is 14.4 Å². The van der Waals surface area contributed by atoms with E-state index in [-0.39, 0.29) is 31.5 Å². The number of rotatable bonds is 6. The van der Waals surface area contributed by atoms with E-state index in [9.17, 15) is 27.6 Å². The molecule has 1 aliphatic rings. The summed E-state index contributed by atoms with van der Waals surface area (Å²) in [5.41, 5.74) is -0.482. The van der Waals surface area contributed by atoms with Gasteiger partial charge >= 0.3 is 12.1 Å². The number of nitrogens with zero attached hydrogens (tertiary/aromatic N) is 2. The molecular formula is C18H21F3N2O4. The van der Waals surface area contributed by atoms with Gasteiger partial charge in [-0.25, -0.2) is 0 Å². The molecule has 1 aromatic rings. The van der Waals surface area contributed by atoms with Crippen LogP contribution in [0.2, 0.25) is 0 Å². The van der Waals surface area contributed by atoms with Gasteiger partial charge in [-0.1, -0.05) is 12.1 Å². The van der Waals surface area contributed by atoms with Gasteiger partial charge in [0.1, 0.15) is 6.54 Å². The Morgan fingerprint density at radius 1 is 1.33 bits per heavy atom. The van der Waals surface area contributed by atoms with Crippen molar-refractivity contribution in [3.05, 3.63) is 35.4 Å². The molecule has 0 spiro atoms. The zero-order valence-electron chi connectivity index (χ0n) is 15.0. The van der Waals surface area contributed by atoms with Gasteiger partial charge in [0.2, 0.25) is 11.8 Å². The molecule has 9 heteroatoms. The molecule has 2 rings (SSSR count). The van der Waals surface area contributed by atoms with Gasteiger partial charge < -0.3 is 14.9 Å². The molecule has 27 heavy (non-hydrogen) atoms. The van der Waals surface area contributed by atoms with Crippen molar-refractivity contribution in [2.75, 3.05) is 13.1 Å². The maximum atomic E-state index is 12.8. The number of carbonyl (C=O) groups is 3. The minimum atomic E-state index is -4.47. The van der Waals surface area contributed by atoms with Gasteiger partial charge in [0.15, 0.2) is 0 Å². The highest BCUT2D eigenvalue weighted by molar-refractivity contribution is 5.90. The minimum absolute atomic E-state index is 0.0346. The fourth-order valence-electron chi connectivity index (χ4n) is 3.05. The van der Waals surface area contributed by atoms with Crippen LogP contribution in [0, 0.1) is 5.92 Å². The van der Waals surface area contributed by atoms with Gasteiger partial charge in [-0.2, -0.15) is 13.2 Å². The third kappa shape index (κ3) is 5.21. The number of hydrogen-bond acceptors (Lipinski definition) is 3. The molecule has 0 saturated carbocycles. The molecule has 0 bridgehead atoms. The van der Waals surface area contributed by atoms with Gasteiger partial charge in [0.25, 0.3) is 0 Å². The van der Waals surface area contributed by atoms with E-state index < -0.39 is 36.1 Å². The SMILES string of the molecule is CC(C)N(CC(=O)O)C(=O)C1CC(=O)N(Cc2cccc(C(F)(F)F)c2)C1. The predicted molar refractivity (Wildman–Crippen MR) is 89.5 cm³/mol. The van der Waals surface area contributed by atoms with Crippen molar-refractivity contribution < 1.29 is 32.7 Å². The molecule has 1 fully saturated rings. The third-order valence-electron chi connectivity index (χ3n) is 4.40. The molecule has 6 nitrogen and oxygen atoms in total. The minimum Gasteiger partial charge on any atom is -0.480 e. The lowest BCUT2D eigenvalue weighted by Gasteiger charge is -2.27. The fraction of sp³-hybridized carbons (Fsp3) is 0.500. The van der Waals surface area contributed by atoms with Gasteiger partial charge in [0, 0.05) is 25.6 Å². The Hall–Kier alpha value is -2.58. The molecule has 0 aromatic heterocycles. The summed E-state index contributed by atoms with van der Waals surface area (Å²) < 4.78 is 38.4. The van der Waals surface area contributed by atoms with E-state index in [0.717, 1.165) is 12.1 Å². The predicted octanol–water partition coefficient (Wildman–Crippen LogP) is 2.38. The van der Waals surface area contributed by atoms with Crippen molar-refractivity contribution in [2.45, 2.75) is 39.0 Å². The Labute approximate surface area is 154 Å². The third-order valence-corrected chi connectivity index (χ3v) is 4.40. The van der Waals surface area contributed by atoms with Crippen molar-refractivity contribution in [1.29, 1.82) is 0 Å². The lowest BCUT2D eigenvalue weighted by Crippen LogP contribution is -2.44. The zero-order chi connectivity index (χ0) is 20.4. The molecule has 2 amide bonds. The number of carboxylic acids is 1. The molecule has 1 N–H and O–H groups in total. The summed E-state index contributed by atoms with van der Waals surface area (Å²) in [6.45, 7) is 2.91. The Bertz CT molecular complexity index is 734. The number of carbonyl (C=O) groups excluding carboxylic acids is 2. The normalized spacial score (nSPS) is 17.5. The van der Waals surface area contributed by atoms with Crippen molar-refractivity contribution in [2.24, 2.45) is 5.92 Å². The molecule has 1 aliphatic heterocycles. The van der Waals surface area contributed by atoms with Crippen molar-refractivity contribution in [3.63, 3.8) is 0 Å². The van der Waals surface area contributed by atoms with E-state index in [0.29, 0.717) is 5.56 Å². The quantitative estimate of drug-likeness (QED) is 0.814. The van der Waals surface area contributed by atoms with Crippen LogP contribution in [0.4, 0.5) is 13.2 Å². The van der Waals surface area contributed by atoms with Crippen molar-refractivity contribution >= 4 is 17.8 Å². The average molecular weight is 386 g/mol. The molecule has 1 atom stereocenters. The maximum absolute atomic E-state index is 12.8. The van der Waals surface area contributed by atoms with Crippen LogP contribution >= 0.6 is 0 Å². The monoisotopic (exact) mass is 386 g/mol. The summed E-state index contributed by atoms with van der Waals surface area (Å²) in [7, 11) is 0. The second-order valence-corrected chi connectivity index (χ2v) is 6.83. The van der Waals surface area contributed by atoms with Crippen LogP contribution in [0.1, 0.15) is 31.4 Å². The van der Waals surface area contributed by atoms with E-state index >= 15 is 0 Å². The summed E-state index contributed by atoms with van der Waals surface area (Å²) in [5.74, 6) is -2.63. The first-order chi connectivity index (χ1) is 12.5. The van der Waals surface area contributed by atoms with Gasteiger partial charge in [-0.15, -0.1) is 0 Å². The topological polar surface area (TPSA) is 77.9 Å². The summed E-state index contributed by atoms with van der Waals surface area (Å²) in [5, 5.41) is 8.95. The number of carboxylic acid groups (broad SMARTS) is 1. The Kier molecular flexibility index (Phi) is 6.12. The van der Waals surface area contributed by atoms with Crippen molar-refractivity contribution in [3.8, 4) is 0 Å². The number of amides is 2. The first-order valence-corrected chi connectivity index (χ1v) is 8.45. The highest BCUT2D eigenvalue weighted by Crippen LogP contribution is 2.30. The van der Waals surface area contributed by atoms with Crippen LogP contribution in [0.5, 0.6) is 0 Å². The highest BCUT2D eigenvalue weighted by Gasteiger charge is 2.38. The Morgan fingerprint density at radius 3 is 2.56 bits per heavy atom. The van der Waals surface area contributed by atoms with E-state index in [1.54, 1.807) is 13.8 Å². The highest BCUT2D eigenvalue weighted by atomic mass is 19.4. The van der Waals surface area contributed by atoms with Gasteiger partial charge in [-0.05, 0) is 31.5 Å². The molecule has 148 valence electrons. The number of likely N-dealkylation sites (tertiary alicyclic amines) is 1. The van der Waals surface area contributed by atoms with E-state index in [1.807, 2.05) is 0 Å². The molecule has 0 radical (unpaired) electrons. The zero-order valence-corrected chi connectivity index (χ0v) is 15.0. The van der Waals surface area contributed by atoms with Crippen LogP contribution in [-0.2, 0) is 27.1 Å². The van der Waals surface area contributed by atoms with E-state index in [2.05, 4.69) is 0 Å². The summed E-state index contributed by atoms with van der Waals surface area (Å²) in [6, 6.07) is 4.35. The molecular weight excluding hydrogens is 365 g/mol. The molecule has 0 aliphatic carbocycles. The first kappa shape index (κ1) is 20.7. The van der Waals surface area contributed by atoms with Crippen molar-refractivity contribution in [1.82, 2.24) is 9.80 Å². The Balaban J connectivity index is 2.09. The van der Waals surface area contributed by atoms with E-state index in [4.69, 9.17) is 5.11 Å². The van der Waals surface area contributed by atoms with Crippen LogP contribution in [0.3, 0.4) is 0 Å². The maximum Gasteiger partial charge on any atom is 0.416 e. The van der Waals surface area contributed by atoms with Crippen LogP contribution < -0.4 is 0 Å². The fourth-order valence-corrected chi connectivity index (χ4v) is 3.05. The largest absolute Gasteiger partial charge is 0.480 e. The Morgan fingerprint density at radius 2 is 2.00 bits per heavy atom. The van der Waals surface area contributed by atoms with E-state index in [1.165, 1.54) is 21.9 Å².